The number of aliphatic hydroxyl groups excluding tert-OH is 4. The first-order chi connectivity index (χ1) is 35.0. The predicted octanol–water partition coefficient (Wildman–Crippen LogP) is 14.2. The van der Waals surface area contributed by atoms with E-state index in [1.165, 1.54) is 199 Å². The smallest absolute Gasteiger partial charge is 0.394 e. The first-order valence-electron chi connectivity index (χ1n) is 29.9. The van der Waals surface area contributed by atoms with Gasteiger partial charge in [0.05, 0.1) is 25.4 Å². The van der Waals surface area contributed by atoms with Crippen LogP contribution in [0.3, 0.4) is 0 Å². The lowest BCUT2D eigenvalue weighted by Gasteiger charge is -2.41. The molecule has 1 fully saturated rings. The van der Waals surface area contributed by atoms with Gasteiger partial charge in [-0.1, -0.05) is 262 Å². The van der Waals surface area contributed by atoms with Crippen molar-refractivity contribution in [2.75, 3.05) is 13.2 Å². The van der Waals surface area contributed by atoms with Crippen molar-refractivity contribution in [3.63, 3.8) is 0 Å². The Morgan fingerprint density at radius 2 is 0.972 bits per heavy atom. The summed E-state index contributed by atoms with van der Waals surface area (Å²) < 4.78 is 47.9. The molecule has 0 aromatic heterocycles. The molecule has 1 rings (SSSR count). The van der Waals surface area contributed by atoms with Gasteiger partial charge in [0.1, 0.15) is 24.4 Å². The molecular formula is C59H111NO11S. The molecule has 0 saturated carbocycles. The summed E-state index contributed by atoms with van der Waals surface area (Å²) in [6.45, 7) is 3.33. The number of nitrogens with one attached hydrogen (secondary N) is 1. The van der Waals surface area contributed by atoms with Gasteiger partial charge in [-0.25, -0.2) is 4.18 Å². The number of carbonyl (C=O) groups excluding carboxylic acids is 1. The summed E-state index contributed by atoms with van der Waals surface area (Å²) in [6, 6.07) is -0.945. The number of rotatable bonds is 52. The lowest BCUT2D eigenvalue weighted by Crippen LogP contribution is -2.61. The van der Waals surface area contributed by atoms with Crippen molar-refractivity contribution in [3.05, 3.63) is 36.5 Å². The van der Waals surface area contributed by atoms with E-state index in [4.69, 9.17) is 9.47 Å². The fraction of sp³-hybridized carbons (Fsp3) is 0.881. The summed E-state index contributed by atoms with van der Waals surface area (Å²) >= 11 is 0. The highest BCUT2D eigenvalue weighted by Gasteiger charge is 2.48. The fourth-order valence-electron chi connectivity index (χ4n) is 9.61. The molecule has 7 atom stereocenters. The number of ether oxygens (including phenoxy) is 2. The normalized spacial score (nSPS) is 19.6. The maximum absolute atomic E-state index is 13.1. The number of unbranched alkanes of at least 4 members (excludes halogenated alkanes) is 36. The van der Waals surface area contributed by atoms with Gasteiger partial charge in [0, 0.05) is 6.42 Å². The Balaban J connectivity index is 2.35. The van der Waals surface area contributed by atoms with Crippen LogP contribution in [0.15, 0.2) is 36.5 Å². The third kappa shape index (κ3) is 40.6. The minimum absolute atomic E-state index is 0.260. The lowest BCUT2D eigenvalue weighted by atomic mass is 9.99. The van der Waals surface area contributed by atoms with E-state index >= 15 is 0 Å². The molecule has 424 valence electrons. The zero-order chi connectivity index (χ0) is 52.6. The number of allylic oxidation sites excluding steroid dienone is 5. The van der Waals surface area contributed by atoms with Crippen molar-refractivity contribution < 1.29 is 51.8 Å². The average molecular weight is 1040 g/mol. The molecule has 1 aliphatic rings. The third-order valence-electron chi connectivity index (χ3n) is 14.2. The van der Waals surface area contributed by atoms with Crippen molar-refractivity contribution >= 4 is 16.3 Å². The van der Waals surface area contributed by atoms with E-state index < -0.39 is 59.9 Å². The second-order valence-electron chi connectivity index (χ2n) is 20.9. The predicted molar refractivity (Wildman–Crippen MR) is 296 cm³/mol. The summed E-state index contributed by atoms with van der Waals surface area (Å²) in [5.41, 5.74) is 0. The highest BCUT2D eigenvalue weighted by atomic mass is 32.3. The molecule has 0 aromatic carbocycles. The molecule has 1 aliphatic heterocycles. The Hall–Kier alpha value is -1.68. The van der Waals surface area contributed by atoms with Crippen molar-refractivity contribution in [1.29, 1.82) is 0 Å². The van der Waals surface area contributed by atoms with Crippen LogP contribution in [0.2, 0.25) is 0 Å². The first kappa shape index (κ1) is 68.3. The van der Waals surface area contributed by atoms with E-state index in [9.17, 15) is 38.2 Å². The van der Waals surface area contributed by atoms with Crippen LogP contribution in [0.5, 0.6) is 0 Å². The molecule has 0 aliphatic carbocycles. The largest absolute Gasteiger partial charge is 0.397 e. The second-order valence-corrected chi connectivity index (χ2v) is 22.0. The zero-order valence-corrected chi connectivity index (χ0v) is 46.8. The van der Waals surface area contributed by atoms with Crippen LogP contribution in [0.4, 0.5) is 0 Å². The molecule has 1 heterocycles. The van der Waals surface area contributed by atoms with E-state index in [-0.39, 0.29) is 18.9 Å². The lowest BCUT2D eigenvalue weighted by molar-refractivity contribution is -0.298. The molecule has 0 bridgehead atoms. The van der Waals surface area contributed by atoms with Gasteiger partial charge in [-0.05, 0) is 44.9 Å². The van der Waals surface area contributed by atoms with E-state index in [0.717, 1.165) is 51.4 Å². The summed E-state index contributed by atoms with van der Waals surface area (Å²) in [5, 5.41) is 45.0. The number of hydrogen-bond acceptors (Lipinski definition) is 10. The molecule has 12 nitrogen and oxygen atoms in total. The summed E-state index contributed by atoms with van der Waals surface area (Å²) in [5.74, 6) is -0.260. The van der Waals surface area contributed by atoms with Crippen LogP contribution in [-0.4, -0.2) is 95.4 Å². The Morgan fingerprint density at radius 3 is 1.39 bits per heavy atom. The maximum atomic E-state index is 13.1. The van der Waals surface area contributed by atoms with Gasteiger partial charge in [-0.3, -0.25) is 9.35 Å². The van der Waals surface area contributed by atoms with E-state index in [1.54, 1.807) is 6.08 Å². The number of carbonyl (C=O) groups is 1. The van der Waals surface area contributed by atoms with Gasteiger partial charge in [0.25, 0.3) is 0 Å². The molecule has 0 radical (unpaired) electrons. The van der Waals surface area contributed by atoms with E-state index in [0.29, 0.717) is 6.42 Å². The van der Waals surface area contributed by atoms with E-state index in [1.807, 2.05) is 6.08 Å². The minimum atomic E-state index is -5.09. The van der Waals surface area contributed by atoms with Gasteiger partial charge in [0.2, 0.25) is 5.91 Å². The topological polar surface area (TPSA) is 192 Å². The summed E-state index contributed by atoms with van der Waals surface area (Å²) in [4.78, 5) is 13.1. The van der Waals surface area contributed by atoms with Crippen LogP contribution in [-0.2, 0) is 28.9 Å². The van der Waals surface area contributed by atoms with Crippen molar-refractivity contribution in [2.24, 2.45) is 0 Å². The zero-order valence-electron chi connectivity index (χ0n) is 46.0. The molecule has 1 amide bonds. The molecule has 0 aromatic rings. The fourth-order valence-corrected chi connectivity index (χ4v) is 10.1. The Kier molecular flexibility index (Phi) is 46.4. The standard InChI is InChI=1S/C59H111NO11S/c1-3-5-7-9-11-13-15-17-19-21-23-25-26-27-29-30-32-34-36-38-40-42-44-46-48-53(62)52(51-69-59-57(65)58(71-72(66,67)68)56(64)54(50-61)70-59)60-55(63)49-47-45-43-41-39-37-35-33-31-28-24-22-20-18-16-14-12-10-8-6-4-2/h6,8,12,14,46,48,52-54,56-59,61-62,64-65H,3-5,7,9-11,13,15-45,47,49-51H2,1-2H3,(H,60,63)(H,66,67,68)/b8-6-,14-12-,48-46+. The Bertz CT molecular complexity index is 1410. The van der Waals surface area contributed by atoms with Gasteiger partial charge in [-0.2, -0.15) is 8.42 Å². The molecular weight excluding hydrogens is 931 g/mol. The van der Waals surface area contributed by atoms with Crippen LogP contribution in [0.25, 0.3) is 0 Å². The van der Waals surface area contributed by atoms with Crippen molar-refractivity contribution in [3.8, 4) is 0 Å². The summed E-state index contributed by atoms with van der Waals surface area (Å²) in [7, 11) is -5.09. The Labute approximate surface area is 441 Å². The van der Waals surface area contributed by atoms with Gasteiger partial charge < -0.3 is 35.2 Å². The monoisotopic (exact) mass is 1040 g/mol. The molecule has 6 N–H and O–H groups in total. The number of aliphatic hydroxyl groups is 4. The second kappa shape index (κ2) is 48.9. The van der Waals surface area contributed by atoms with Gasteiger partial charge >= 0.3 is 10.4 Å². The van der Waals surface area contributed by atoms with E-state index in [2.05, 4.69) is 47.7 Å². The number of hydrogen-bond donors (Lipinski definition) is 6. The average Bonchev–Trinajstić information content (AvgIpc) is 3.36. The highest BCUT2D eigenvalue weighted by Crippen LogP contribution is 2.26. The first-order valence-corrected chi connectivity index (χ1v) is 31.2. The van der Waals surface area contributed by atoms with Crippen LogP contribution < -0.4 is 5.32 Å². The molecule has 72 heavy (non-hydrogen) atoms. The number of amides is 1. The molecule has 1 saturated heterocycles. The van der Waals surface area contributed by atoms with Crippen LogP contribution in [0.1, 0.15) is 277 Å². The third-order valence-corrected chi connectivity index (χ3v) is 14.6. The molecule has 13 heteroatoms. The quantitative estimate of drug-likeness (QED) is 0.0193. The minimum Gasteiger partial charge on any atom is -0.394 e. The van der Waals surface area contributed by atoms with Crippen LogP contribution >= 0.6 is 0 Å². The molecule has 0 spiro atoms. The van der Waals surface area contributed by atoms with Crippen molar-refractivity contribution in [2.45, 2.75) is 320 Å². The SMILES string of the molecule is CC/C=C\C/C=C\CCCCCCCCCCCCCCCCC(=O)NC(COC1OC(CO)C(O)C(OS(=O)(=O)O)C1O)C(O)/C=C/CCCCCCCCCCCCCCCCCCCCCCCC. The van der Waals surface area contributed by atoms with Gasteiger partial charge in [-0.15, -0.1) is 0 Å². The highest BCUT2D eigenvalue weighted by molar-refractivity contribution is 7.80. The summed E-state index contributed by atoms with van der Waals surface area (Å²) in [6.07, 6.45) is 53.3. The Morgan fingerprint density at radius 1 is 0.569 bits per heavy atom. The van der Waals surface area contributed by atoms with Gasteiger partial charge in [0.15, 0.2) is 6.29 Å². The van der Waals surface area contributed by atoms with Crippen molar-refractivity contribution in [1.82, 2.24) is 5.32 Å². The van der Waals surface area contributed by atoms with Crippen LogP contribution in [0, 0.1) is 0 Å². The maximum Gasteiger partial charge on any atom is 0.397 e. The molecule has 7 unspecified atom stereocenters.